The molecule has 4 rings (SSSR count). The molecule has 3 aromatic rings. The van der Waals surface area contributed by atoms with Crippen LogP contribution in [0.3, 0.4) is 0 Å². The first kappa shape index (κ1) is 34.5. The third-order valence-corrected chi connectivity index (χ3v) is 7.88. The van der Waals surface area contributed by atoms with E-state index in [4.69, 9.17) is 0 Å². The van der Waals surface area contributed by atoms with Gasteiger partial charge in [0.05, 0.1) is 23.7 Å². The first-order chi connectivity index (χ1) is 20.9. The van der Waals surface area contributed by atoms with Crippen LogP contribution in [-0.2, 0) is 38.7 Å². The topological polar surface area (TPSA) is 70.3 Å². The lowest BCUT2D eigenvalue weighted by atomic mass is 9.87. The summed E-state index contributed by atoms with van der Waals surface area (Å²) < 4.78 is 123. The summed E-state index contributed by atoms with van der Waals surface area (Å²) in [6.07, 6.45) is -13.5. The molecule has 0 radical (unpaired) electrons. The zero-order valence-corrected chi connectivity index (χ0v) is 24.7. The van der Waals surface area contributed by atoms with E-state index in [2.05, 4.69) is 20.3 Å². The fourth-order valence-corrected chi connectivity index (χ4v) is 5.73. The van der Waals surface area contributed by atoms with Crippen molar-refractivity contribution in [2.24, 2.45) is 18.9 Å². The van der Waals surface area contributed by atoms with Gasteiger partial charge in [0.25, 0.3) is 5.95 Å². The molecule has 1 saturated heterocycles. The molecule has 1 aliphatic heterocycles. The Morgan fingerprint density at radius 2 is 1.42 bits per heavy atom. The Morgan fingerprint density at radius 3 is 1.89 bits per heavy atom. The van der Waals surface area contributed by atoms with Gasteiger partial charge in [-0.3, -0.25) is 4.90 Å². The van der Waals surface area contributed by atoms with Crippen LogP contribution in [0.1, 0.15) is 66.1 Å². The minimum absolute atomic E-state index is 0.00647. The molecule has 0 aliphatic carbocycles. The molecular weight excluding hydrogens is 619 g/mol. The highest BCUT2D eigenvalue weighted by Gasteiger charge is 2.38. The van der Waals surface area contributed by atoms with Gasteiger partial charge in [0.1, 0.15) is 0 Å². The number of rotatable bonds is 9. The number of alkyl halides is 9. The maximum absolute atomic E-state index is 13.9. The molecular formula is C29H33F9N6O. The van der Waals surface area contributed by atoms with Gasteiger partial charge in [0.2, 0.25) is 0 Å². The maximum atomic E-state index is 13.9. The van der Waals surface area contributed by atoms with Crippen molar-refractivity contribution in [3.05, 3.63) is 69.8 Å². The van der Waals surface area contributed by atoms with E-state index in [9.17, 15) is 44.6 Å². The Labute approximate surface area is 253 Å². The van der Waals surface area contributed by atoms with Crippen LogP contribution < -0.4 is 4.90 Å². The van der Waals surface area contributed by atoms with E-state index in [-0.39, 0.29) is 48.6 Å². The van der Waals surface area contributed by atoms with Gasteiger partial charge >= 0.3 is 18.5 Å². The third kappa shape index (κ3) is 8.45. The highest BCUT2D eigenvalue weighted by molar-refractivity contribution is 5.42. The number of anilines is 1. The average molecular weight is 653 g/mol. The van der Waals surface area contributed by atoms with Crippen LogP contribution in [0.2, 0.25) is 0 Å². The Kier molecular flexibility index (Phi) is 10.1. The molecule has 1 aliphatic rings. The second-order valence-electron chi connectivity index (χ2n) is 11.6. The highest BCUT2D eigenvalue weighted by atomic mass is 19.4. The maximum Gasteiger partial charge on any atom is 0.416 e. The van der Waals surface area contributed by atoms with Crippen LogP contribution in [0.4, 0.5) is 45.5 Å². The van der Waals surface area contributed by atoms with Gasteiger partial charge in [-0.05, 0) is 90.0 Å². The number of aromatic nitrogens is 4. The number of likely N-dealkylation sites (tertiary alicyclic amines) is 1. The number of hydrogen-bond acceptors (Lipinski definition) is 6. The monoisotopic (exact) mass is 652 g/mol. The SMILES string of the molecule is CC(C)C(c1ccc(C(F)(F)F)cc1CN(Cc1cc(C(F)(F)F)cc(C(F)(F)F)c1)c1nnn(C)n1)N1CCC(CO)CC1. The van der Waals surface area contributed by atoms with Crippen molar-refractivity contribution in [3.8, 4) is 0 Å². The van der Waals surface area contributed by atoms with E-state index in [0.29, 0.717) is 43.6 Å². The molecule has 1 unspecified atom stereocenters. The summed E-state index contributed by atoms with van der Waals surface area (Å²) in [5, 5.41) is 21.2. The number of aryl methyl sites for hydroxylation is 1. The lowest BCUT2D eigenvalue weighted by molar-refractivity contribution is -0.143. The van der Waals surface area contributed by atoms with Gasteiger partial charge in [-0.25, -0.2) is 0 Å². The molecule has 0 amide bonds. The standard InChI is InChI=1S/C29H33F9N6O/c1-17(2)25(43-8-6-18(16-45)7-9-43)24-5-4-21(27(30,31)32)12-20(24)15-44(26-39-41-42(3)40-26)14-19-10-22(28(33,34)35)13-23(11-19)29(36,37)38/h4-5,10-13,17-18,25,45H,6-9,14-16H2,1-3H3. The third-order valence-electron chi connectivity index (χ3n) is 7.88. The van der Waals surface area contributed by atoms with E-state index >= 15 is 0 Å². The molecule has 248 valence electrons. The molecule has 1 atom stereocenters. The molecule has 2 aromatic carbocycles. The fourth-order valence-electron chi connectivity index (χ4n) is 5.73. The molecule has 1 aromatic heterocycles. The number of tetrazole rings is 1. The van der Waals surface area contributed by atoms with Gasteiger partial charge in [-0.15, -0.1) is 5.10 Å². The molecule has 2 heterocycles. The van der Waals surface area contributed by atoms with E-state index in [1.807, 2.05) is 13.8 Å². The molecule has 0 spiro atoms. The summed E-state index contributed by atoms with van der Waals surface area (Å²) in [5.41, 5.74) is -3.73. The lowest BCUT2D eigenvalue weighted by Crippen LogP contribution is -2.40. The predicted molar refractivity (Wildman–Crippen MR) is 146 cm³/mol. The van der Waals surface area contributed by atoms with E-state index < -0.39 is 47.3 Å². The quantitative estimate of drug-likeness (QED) is 0.255. The van der Waals surface area contributed by atoms with Crippen LogP contribution in [0.5, 0.6) is 0 Å². The van der Waals surface area contributed by atoms with Crippen molar-refractivity contribution >= 4 is 5.95 Å². The number of nitrogens with zero attached hydrogens (tertiary/aromatic N) is 6. The molecule has 16 heteroatoms. The van der Waals surface area contributed by atoms with E-state index in [0.717, 1.165) is 16.9 Å². The fraction of sp³-hybridized carbons (Fsp3) is 0.552. The second-order valence-corrected chi connectivity index (χ2v) is 11.6. The molecule has 0 bridgehead atoms. The van der Waals surface area contributed by atoms with Crippen molar-refractivity contribution < 1.29 is 44.6 Å². The van der Waals surface area contributed by atoms with Gasteiger partial charge in [0.15, 0.2) is 0 Å². The smallest absolute Gasteiger partial charge is 0.396 e. The summed E-state index contributed by atoms with van der Waals surface area (Å²) in [6, 6.07) is 4.04. The van der Waals surface area contributed by atoms with Crippen LogP contribution in [0.15, 0.2) is 36.4 Å². The molecule has 7 nitrogen and oxygen atoms in total. The second kappa shape index (κ2) is 13.1. The Bertz CT molecular complexity index is 1410. The van der Waals surface area contributed by atoms with Gasteiger partial charge < -0.3 is 10.0 Å². The van der Waals surface area contributed by atoms with Crippen molar-refractivity contribution in [3.63, 3.8) is 0 Å². The van der Waals surface area contributed by atoms with Gasteiger partial charge in [-0.2, -0.15) is 44.3 Å². The number of benzene rings is 2. The van der Waals surface area contributed by atoms with Crippen LogP contribution in [0, 0.1) is 11.8 Å². The Morgan fingerprint density at radius 1 is 0.844 bits per heavy atom. The first-order valence-electron chi connectivity index (χ1n) is 14.2. The largest absolute Gasteiger partial charge is 0.416 e. The summed E-state index contributed by atoms with van der Waals surface area (Å²) >= 11 is 0. The summed E-state index contributed by atoms with van der Waals surface area (Å²) in [5.74, 6) is -0.183. The molecule has 1 fully saturated rings. The predicted octanol–water partition coefficient (Wildman–Crippen LogP) is 6.87. The van der Waals surface area contributed by atoms with Gasteiger partial charge in [-0.1, -0.05) is 25.0 Å². The minimum Gasteiger partial charge on any atom is -0.396 e. The van der Waals surface area contributed by atoms with Crippen molar-refractivity contribution in [2.45, 2.75) is 64.3 Å². The summed E-state index contributed by atoms with van der Waals surface area (Å²) in [6.45, 7) is 4.03. The average Bonchev–Trinajstić information content (AvgIpc) is 3.38. The highest BCUT2D eigenvalue weighted by Crippen LogP contribution is 2.40. The number of aliphatic hydroxyl groups excluding tert-OH is 1. The number of piperidine rings is 1. The van der Waals surface area contributed by atoms with E-state index in [1.54, 1.807) is 0 Å². The molecule has 0 saturated carbocycles. The van der Waals surface area contributed by atoms with Crippen molar-refractivity contribution in [1.82, 2.24) is 25.1 Å². The zero-order chi connectivity index (χ0) is 33.3. The number of aliphatic hydroxyl groups is 1. The molecule has 45 heavy (non-hydrogen) atoms. The number of hydrogen-bond donors (Lipinski definition) is 1. The zero-order valence-electron chi connectivity index (χ0n) is 24.7. The first-order valence-corrected chi connectivity index (χ1v) is 14.2. The summed E-state index contributed by atoms with van der Waals surface area (Å²) in [4.78, 5) is 4.35. The Hall–Kier alpha value is -3.40. The number of halogens is 9. The summed E-state index contributed by atoms with van der Waals surface area (Å²) in [7, 11) is 1.39. The van der Waals surface area contributed by atoms with Crippen molar-refractivity contribution in [2.75, 3.05) is 24.6 Å². The van der Waals surface area contributed by atoms with Crippen LogP contribution in [0.25, 0.3) is 0 Å². The molecule has 1 N–H and O–H groups in total. The van der Waals surface area contributed by atoms with Crippen molar-refractivity contribution in [1.29, 1.82) is 0 Å². The lowest BCUT2D eigenvalue weighted by Gasteiger charge is -2.40. The van der Waals surface area contributed by atoms with Gasteiger partial charge in [0, 0.05) is 25.7 Å². The van der Waals surface area contributed by atoms with E-state index in [1.165, 1.54) is 18.0 Å². The Balaban J connectivity index is 1.82. The normalized spacial score (nSPS) is 16.4. The minimum atomic E-state index is -5.09. The van der Waals surface area contributed by atoms with Crippen LogP contribution in [-0.4, -0.2) is 49.9 Å². The van der Waals surface area contributed by atoms with Crippen LogP contribution >= 0.6 is 0 Å².